The summed E-state index contributed by atoms with van der Waals surface area (Å²) in [5, 5.41) is 5.99. The highest BCUT2D eigenvalue weighted by Crippen LogP contribution is 2.38. The first-order valence-corrected chi connectivity index (χ1v) is 10.2. The van der Waals surface area contributed by atoms with E-state index >= 15 is 0 Å². The fourth-order valence-electron chi connectivity index (χ4n) is 3.00. The minimum absolute atomic E-state index is 0.236. The largest absolute Gasteiger partial charge is 0.490 e. The van der Waals surface area contributed by atoms with Crippen molar-refractivity contribution in [1.82, 2.24) is 0 Å². The average molecular weight is 443 g/mol. The van der Waals surface area contributed by atoms with Gasteiger partial charge in [0.2, 0.25) is 0 Å². The first kappa shape index (κ1) is 22.4. The summed E-state index contributed by atoms with van der Waals surface area (Å²) in [5.74, 6) is -0.129. The number of anilines is 1. The van der Waals surface area contributed by atoms with Crippen LogP contribution in [0.4, 0.5) is 5.69 Å². The van der Waals surface area contributed by atoms with E-state index in [0.717, 1.165) is 0 Å². The van der Waals surface area contributed by atoms with E-state index < -0.39 is 5.97 Å². The number of carbonyl (C=O) groups excluding carboxylic acids is 2. The predicted octanol–water partition coefficient (Wildman–Crippen LogP) is 4.49. The third-order valence-corrected chi connectivity index (χ3v) is 4.63. The van der Waals surface area contributed by atoms with Gasteiger partial charge in [0.05, 0.1) is 35.2 Å². The Morgan fingerprint density at radius 2 is 1.87 bits per heavy atom. The van der Waals surface area contributed by atoms with E-state index in [-0.39, 0.29) is 29.9 Å². The molecule has 0 N–H and O–H groups in total. The molecule has 0 saturated carbocycles. The molecule has 0 saturated heterocycles. The summed E-state index contributed by atoms with van der Waals surface area (Å²) in [6, 6.07) is 12.5. The second-order valence-electron chi connectivity index (χ2n) is 6.55. The van der Waals surface area contributed by atoms with E-state index in [1.807, 2.05) is 37.3 Å². The molecule has 1 aliphatic rings. The van der Waals surface area contributed by atoms with Gasteiger partial charge in [0.1, 0.15) is 0 Å². The zero-order chi connectivity index (χ0) is 22.4. The summed E-state index contributed by atoms with van der Waals surface area (Å²) in [5.41, 5.74) is 2.36. The summed E-state index contributed by atoms with van der Waals surface area (Å²) >= 11 is 6.40. The molecule has 0 unspecified atom stereocenters. The molecule has 2 aromatic rings. The summed E-state index contributed by atoms with van der Waals surface area (Å²) in [6.45, 7) is 5.65. The van der Waals surface area contributed by atoms with Gasteiger partial charge in [0.15, 0.2) is 18.1 Å². The van der Waals surface area contributed by atoms with Crippen molar-refractivity contribution in [2.75, 3.05) is 24.8 Å². The molecule has 3 rings (SSSR count). The van der Waals surface area contributed by atoms with Crippen molar-refractivity contribution in [3.05, 3.63) is 58.6 Å². The lowest BCUT2D eigenvalue weighted by molar-refractivity contribution is -0.145. The van der Waals surface area contributed by atoms with Crippen molar-refractivity contribution in [1.29, 1.82) is 0 Å². The Labute approximate surface area is 185 Å². The van der Waals surface area contributed by atoms with Gasteiger partial charge in [-0.05, 0) is 56.7 Å². The lowest BCUT2D eigenvalue weighted by Crippen LogP contribution is -2.21. The van der Waals surface area contributed by atoms with Crippen LogP contribution < -0.4 is 14.5 Å². The molecule has 0 aliphatic carbocycles. The van der Waals surface area contributed by atoms with Gasteiger partial charge in [0, 0.05) is 0 Å². The average Bonchev–Trinajstić information content (AvgIpc) is 3.02. The van der Waals surface area contributed by atoms with E-state index in [2.05, 4.69) is 5.10 Å². The van der Waals surface area contributed by atoms with Crippen molar-refractivity contribution in [2.45, 2.75) is 20.8 Å². The van der Waals surface area contributed by atoms with E-state index in [4.69, 9.17) is 25.8 Å². The van der Waals surface area contributed by atoms with Gasteiger partial charge in [-0.3, -0.25) is 4.79 Å². The number of halogens is 1. The molecule has 0 bridgehead atoms. The van der Waals surface area contributed by atoms with Crippen LogP contribution in [0.2, 0.25) is 5.02 Å². The molecular formula is C23H23ClN2O5. The number of rotatable bonds is 8. The Balaban J connectivity index is 1.89. The molecule has 1 heterocycles. The molecule has 2 aromatic carbocycles. The monoisotopic (exact) mass is 442 g/mol. The van der Waals surface area contributed by atoms with Gasteiger partial charge in [0.25, 0.3) is 5.91 Å². The van der Waals surface area contributed by atoms with Crippen LogP contribution in [-0.2, 0) is 14.3 Å². The van der Waals surface area contributed by atoms with Crippen LogP contribution >= 0.6 is 11.6 Å². The summed E-state index contributed by atoms with van der Waals surface area (Å²) in [4.78, 5) is 24.5. The number of hydrogen-bond donors (Lipinski definition) is 0. The Morgan fingerprint density at radius 3 is 2.55 bits per heavy atom. The topological polar surface area (TPSA) is 77.4 Å². The van der Waals surface area contributed by atoms with Gasteiger partial charge in [-0.2, -0.15) is 10.1 Å². The lowest BCUT2D eigenvalue weighted by atomic mass is 10.1. The molecule has 0 aromatic heterocycles. The Kier molecular flexibility index (Phi) is 7.31. The fourth-order valence-corrected chi connectivity index (χ4v) is 3.28. The summed E-state index contributed by atoms with van der Waals surface area (Å²) < 4.78 is 16.0. The molecule has 31 heavy (non-hydrogen) atoms. The molecule has 7 nitrogen and oxygen atoms in total. The van der Waals surface area contributed by atoms with Crippen molar-refractivity contribution in [3.63, 3.8) is 0 Å². The third kappa shape index (κ3) is 5.24. The molecule has 1 aliphatic heterocycles. The molecule has 162 valence electrons. The van der Waals surface area contributed by atoms with Crippen LogP contribution in [0.15, 0.2) is 53.1 Å². The SMILES string of the molecule is CCOC(=O)COc1c(Cl)cc(/C=C2/C(=O)N(c3ccccc3)N=C2C)cc1OCC. The van der Waals surface area contributed by atoms with Crippen LogP contribution in [-0.4, -0.2) is 37.4 Å². The number of esters is 1. The number of carbonyl (C=O) groups is 2. The normalized spacial score (nSPS) is 14.6. The van der Waals surface area contributed by atoms with Crippen LogP contribution in [0.25, 0.3) is 6.08 Å². The third-order valence-electron chi connectivity index (χ3n) is 4.35. The minimum atomic E-state index is -0.503. The zero-order valence-electron chi connectivity index (χ0n) is 17.6. The molecule has 0 spiro atoms. The quantitative estimate of drug-likeness (QED) is 0.444. The van der Waals surface area contributed by atoms with E-state index in [9.17, 15) is 9.59 Å². The Hall–Kier alpha value is -3.32. The van der Waals surface area contributed by atoms with Gasteiger partial charge >= 0.3 is 5.97 Å². The number of para-hydroxylation sites is 1. The maximum Gasteiger partial charge on any atom is 0.344 e. The minimum Gasteiger partial charge on any atom is -0.490 e. The van der Waals surface area contributed by atoms with Gasteiger partial charge in [-0.1, -0.05) is 29.8 Å². The van der Waals surface area contributed by atoms with E-state index in [1.165, 1.54) is 5.01 Å². The molecule has 0 radical (unpaired) electrons. The number of hydrogen-bond acceptors (Lipinski definition) is 6. The van der Waals surface area contributed by atoms with E-state index in [0.29, 0.717) is 34.9 Å². The first-order chi connectivity index (χ1) is 14.9. The highest BCUT2D eigenvalue weighted by molar-refractivity contribution is 6.33. The number of ether oxygens (including phenoxy) is 3. The smallest absolute Gasteiger partial charge is 0.344 e. The second-order valence-corrected chi connectivity index (χ2v) is 6.96. The highest BCUT2D eigenvalue weighted by atomic mass is 35.5. The highest BCUT2D eigenvalue weighted by Gasteiger charge is 2.28. The summed E-state index contributed by atoms with van der Waals surface area (Å²) in [6.07, 6.45) is 1.70. The Bertz CT molecular complexity index is 1030. The lowest BCUT2D eigenvalue weighted by Gasteiger charge is -2.14. The maximum atomic E-state index is 12.9. The van der Waals surface area contributed by atoms with Crippen LogP contribution in [0, 0.1) is 0 Å². The second kappa shape index (κ2) is 10.1. The molecular weight excluding hydrogens is 420 g/mol. The fraction of sp³-hybridized carbons (Fsp3) is 0.261. The van der Waals surface area contributed by atoms with Crippen LogP contribution in [0.5, 0.6) is 11.5 Å². The van der Waals surface area contributed by atoms with Gasteiger partial charge in [-0.15, -0.1) is 0 Å². The zero-order valence-corrected chi connectivity index (χ0v) is 18.3. The predicted molar refractivity (Wildman–Crippen MR) is 120 cm³/mol. The molecule has 1 amide bonds. The number of benzene rings is 2. The van der Waals surface area contributed by atoms with E-state index in [1.54, 1.807) is 32.1 Å². The van der Waals surface area contributed by atoms with Crippen LogP contribution in [0.3, 0.4) is 0 Å². The standard InChI is InChI=1S/C23H23ClN2O5/c1-4-29-20-13-16(12-19(24)22(20)31-14-21(27)30-5-2)11-18-15(3)25-26(23(18)28)17-9-7-6-8-10-17/h6-13H,4-5,14H2,1-3H3/b18-11+. The number of hydrazone groups is 1. The molecule has 8 heteroatoms. The number of nitrogens with zero attached hydrogens (tertiary/aromatic N) is 2. The molecule has 0 atom stereocenters. The van der Waals surface area contributed by atoms with Crippen molar-refractivity contribution in [2.24, 2.45) is 5.10 Å². The van der Waals surface area contributed by atoms with Gasteiger partial charge < -0.3 is 14.2 Å². The Morgan fingerprint density at radius 1 is 1.13 bits per heavy atom. The van der Waals surface area contributed by atoms with Crippen molar-refractivity contribution in [3.8, 4) is 11.5 Å². The van der Waals surface area contributed by atoms with Crippen molar-refractivity contribution < 1.29 is 23.8 Å². The molecule has 0 fully saturated rings. The number of amides is 1. The maximum absolute atomic E-state index is 12.9. The van der Waals surface area contributed by atoms with Gasteiger partial charge in [-0.25, -0.2) is 4.79 Å². The first-order valence-electron chi connectivity index (χ1n) is 9.86. The summed E-state index contributed by atoms with van der Waals surface area (Å²) in [7, 11) is 0. The van der Waals surface area contributed by atoms with Crippen molar-refractivity contribution >= 4 is 41.0 Å². The van der Waals surface area contributed by atoms with Crippen LogP contribution in [0.1, 0.15) is 26.3 Å².